The van der Waals surface area contributed by atoms with Crippen LogP contribution in [0.1, 0.15) is 78.6 Å². The summed E-state index contributed by atoms with van der Waals surface area (Å²) < 4.78 is 30.5. The Bertz CT molecular complexity index is 896. The summed E-state index contributed by atoms with van der Waals surface area (Å²) in [4.78, 5) is 12.2. The molecule has 0 saturated heterocycles. The summed E-state index contributed by atoms with van der Waals surface area (Å²) in [5, 5.41) is 35.8. The lowest BCUT2D eigenvalue weighted by atomic mass is 9.43. The van der Waals surface area contributed by atoms with Gasteiger partial charge in [0.2, 0.25) is 5.91 Å². The van der Waals surface area contributed by atoms with Gasteiger partial charge in [0.25, 0.3) is 10.1 Å². The topological polar surface area (TPSA) is 144 Å². The molecule has 4 aliphatic carbocycles. The van der Waals surface area contributed by atoms with Crippen LogP contribution < -0.4 is 5.32 Å². The molecule has 4 aliphatic rings. The summed E-state index contributed by atoms with van der Waals surface area (Å²) >= 11 is 0. The fourth-order valence-corrected chi connectivity index (χ4v) is 9.46. The zero-order valence-electron chi connectivity index (χ0n) is 21.4. The highest BCUT2D eigenvalue weighted by Crippen LogP contribution is 2.68. The second kappa shape index (κ2) is 9.86. The van der Waals surface area contributed by atoms with Gasteiger partial charge in [-0.15, -0.1) is 0 Å². The molecule has 6 unspecified atom stereocenters. The van der Waals surface area contributed by atoms with Crippen LogP contribution in [-0.2, 0) is 14.9 Å². The largest absolute Gasteiger partial charge is 0.393 e. The van der Waals surface area contributed by atoms with Gasteiger partial charge in [0, 0.05) is 13.0 Å². The van der Waals surface area contributed by atoms with Crippen LogP contribution in [0.15, 0.2) is 0 Å². The number of hydrogen-bond donors (Lipinski definition) is 5. The second-order valence-electron chi connectivity index (χ2n) is 12.7. The van der Waals surface area contributed by atoms with Crippen LogP contribution in [0.3, 0.4) is 0 Å². The average molecular weight is 516 g/mol. The fourth-order valence-electron chi connectivity index (χ4n) is 9.10. The first-order valence-corrected chi connectivity index (χ1v) is 15.1. The summed E-state index contributed by atoms with van der Waals surface area (Å²) in [5.74, 6) is 0.705. The maximum atomic E-state index is 12.2. The van der Waals surface area contributed by atoms with Gasteiger partial charge in [0.15, 0.2) is 0 Å². The molecule has 202 valence electrons. The summed E-state index contributed by atoms with van der Waals surface area (Å²) in [7, 11) is -4.10. The maximum absolute atomic E-state index is 12.2. The summed E-state index contributed by atoms with van der Waals surface area (Å²) in [6, 6.07) is 0. The van der Waals surface area contributed by atoms with E-state index in [-0.39, 0.29) is 65.4 Å². The maximum Gasteiger partial charge on any atom is 0.266 e. The molecule has 0 spiro atoms. The number of nitrogens with one attached hydrogen (secondary N) is 1. The van der Waals surface area contributed by atoms with Crippen LogP contribution in [-0.4, -0.2) is 64.8 Å². The molecule has 11 atom stereocenters. The van der Waals surface area contributed by atoms with E-state index in [2.05, 4.69) is 26.1 Å². The molecule has 5 N–H and O–H groups in total. The smallest absolute Gasteiger partial charge is 0.266 e. The highest BCUT2D eigenvalue weighted by atomic mass is 32.2. The van der Waals surface area contributed by atoms with E-state index in [0.29, 0.717) is 18.8 Å². The molecule has 0 aliphatic heterocycles. The van der Waals surface area contributed by atoms with E-state index in [1.807, 2.05) is 0 Å². The molecule has 0 aromatic heterocycles. The van der Waals surface area contributed by atoms with Crippen molar-refractivity contribution in [3.63, 3.8) is 0 Å². The van der Waals surface area contributed by atoms with Crippen LogP contribution in [0, 0.1) is 46.3 Å². The fraction of sp³-hybridized carbons (Fsp3) is 0.962. The standard InChI is InChI=1S/C26H45NO7S/c1-15(4-7-23(31)27-10-11-35(32,33)34)18-5-6-19-24-20(14-22(30)26(18,19)3)25(2)9-8-17(28)12-16(25)13-21(24)29/h15-22,24,28-30H,4-14H2,1-3H3,(H,27,31)(H,32,33,34)/t15?,16-,17+,18?,19?,20?,21?,22-,24?,25-,26+/m0/s1. The highest BCUT2D eigenvalue weighted by Gasteiger charge is 2.65. The molecular weight excluding hydrogens is 470 g/mol. The lowest BCUT2D eigenvalue weighted by Gasteiger charge is -2.63. The van der Waals surface area contributed by atoms with E-state index >= 15 is 0 Å². The molecule has 8 nitrogen and oxygen atoms in total. The zero-order chi connectivity index (χ0) is 25.8. The van der Waals surface area contributed by atoms with Crippen molar-refractivity contribution < 1.29 is 33.1 Å². The SMILES string of the molecule is CC(CCC(=O)NCCS(=O)(=O)O)C1CCC2C3C(O)C[C@@H]4C[C@H](O)CC[C@]4(C)C3C[C@H](O)[C@]12C. The Kier molecular flexibility index (Phi) is 7.69. The predicted octanol–water partition coefficient (Wildman–Crippen LogP) is 2.37. The number of hydrogen-bond acceptors (Lipinski definition) is 6. The van der Waals surface area contributed by atoms with E-state index < -0.39 is 28.1 Å². The van der Waals surface area contributed by atoms with Crippen molar-refractivity contribution in [2.24, 2.45) is 46.3 Å². The lowest BCUT2D eigenvalue weighted by Crippen LogP contribution is -2.62. The molecule has 0 aromatic rings. The Hall–Kier alpha value is -0.740. The van der Waals surface area contributed by atoms with Crippen molar-refractivity contribution in [1.82, 2.24) is 5.32 Å². The van der Waals surface area contributed by atoms with E-state index in [4.69, 9.17) is 4.55 Å². The Morgan fingerprint density at radius 1 is 1.06 bits per heavy atom. The van der Waals surface area contributed by atoms with Gasteiger partial charge in [-0.1, -0.05) is 20.8 Å². The molecule has 0 radical (unpaired) electrons. The Balaban J connectivity index is 1.43. The molecular formula is C26H45NO7S. The van der Waals surface area contributed by atoms with E-state index in [1.54, 1.807) is 0 Å². The molecule has 0 bridgehead atoms. The Morgan fingerprint density at radius 3 is 2.46 bits per heavy atom. The molecule has 35 heavy (non-hydrogen) atoms. The van der Waals surface area contributed by atoms with Gasteiger partial charge >= 0.3 is 0 Å². The third-order valence-electron chi connectivity index (χ3n) is 11.0. The lowest BCUT2D eigenvalue weighted by molar-refractivity contribution is -0.207. The van der Waals surface area contributed by atoms with Gasteiger partial charge in [0.1, 0.15) is 0 Å². The van der Waals surface area contributed by atoms with Crippen molar-refractivity contribution >= 4 is 16.0 Å². The van der Waals surface area contributed by atoms with Crippen LogP contribution >= 0.6 is 0 Å². The first-order chi connectivity index (χ1) is 16.3. The monoisotopic (exact) mass is 515 g/mol. The van der Waals surface area contributed by atoms with Gasteiger partial charge in [0.05, 0.1) is 24.1 Å². The number of carbonyl (C=O) groups is 1. The van der Waals surface area contributed by atoms with Crippen molar-refractivity contribution in [1.29, 1.82) is 0 Å². The number of carbonyl (C=O) groups excluding carboxylic acids is 1. The molecule has 4 saturated carbocycles. The third-order valence-corrected chi connectivity index (χ3v) is 11.7. The molecule has 9 heteroatoms. The van der Waals surface area contributed by atoms with Crippen LogP contribution in [0.25, 0.3) is 0 Å². The normalized spacial score (nSPS) is 46.3. The number of aliphatic hydroxyl groups is 3. The van der Waals surface area contributed by atoms with Gasteiger partial charge in [-0.25, -0.2) is 0 Å². The molecule has 0 heterocycles. The van der Waals surface area contributed by atoms with Gasteiger partial charge in [-0.3, -0.25) is 9.35 Å². The van der Waals surface area contributed by atoms with Gasteiger partial charge in [-0.2, -0.15) is 8.42 Å². The summed E-state index contributed by atoms with van der Waals surface area (Å²) in [6.07, 6.45) is 5.67. The number of fused-ring (bicyclic) bond motifs is 5. The van der Waals surface area contributed by atoms with Gasteiger partial charge < -0.3 is 20.6 Å². The van der Waals surface area contributed by atoms with E-state index in [0.717, 1.165) is 38.5 Å². The van der Waals surface area contributed by atoms with Gasteiger partial charge in [-0.05, 0) is 97.7 Å². The second-order valence-corrected chi connectivity index (χ2v) is 14.2. The summed E-state index contributed by atoms with van der Waals surface area (Å²) in [5.41, 5.74) is -0.254. The van der Waals surface area contributed by atoms with Crippen LogP contribution in [0.2, 0.25) is 0 Å². The molecule has 4 fully saturated rings. The minimum atomic E-state index is -4.10. The number of amides is 1. The molecule has 4 rings (SSSR count). The minimum absolute atomic E-state index is 0.0509. The first-order valence-electron chi connectivity index (χ1n) is 13.5. The molecule has 1 amide bonds. The first kappa shape index (κ1) is 27.3. The van der Waals surface area contributed by atoms with E-state index in [1.165, 1.54) is 0 Å². The van der Waals surface area contributed by atoms with Crippen molar-refractivity contribution in [3.8, 4) is 0 Å². The molecule has 0 aromatic carbocycles. The highest BCUT2D eigenvalue weighted by molar-refractivity contribution is 7.85. The van der Waals surface area contributed by atoms with E-state index in [9.17, 15) is 28.5 Å². The van der Waals surface area contributed by atoms with Crippen LogP contribution in [0.4, 0.5) is 0 Å². The predicted molar refractivity (Wildman–Crippen MR) is 132 cm³/mol. The average Bonchev–Trinajstić information content (AvgIpc) is 3.12. The minimum Gasteiger partial charge on any atom is -0.393 e. The number of aliphatic hydroxyl groups excluding tert-OH is 3. The van der Waals surface area contributed by atoms with Crippen molar-refractivity contribution in [2.45, 2.75) is 96.9 Å². The van der Waals surface area contributed by atoms with Crippen LogP contribution in [0.5, 0.6) is 0 Å². The number of rotatable bonds is 7. The Labute approximate surface area is 210 Å². The van der Waals surface area contributed by atoms with Crippen molar-refractivity contribution in [3.05, 3.63) is 0 Å². The quantitative estimate of drug-likeness (QED) is 0.327. The van der Waals surface area contributed by atoms with Crippen molar-refractivity contribution in [2.75, 3.05) is 12.3 Å². The summed E-state index contributed by atoms with van der Waals surface area (Å²) in [6.45, 7) is 6.56. The zero-order valence-corrected chi connectivity index (χ0v) is 22.2. The Morgan fingerprint density at radius 2 is 1.77 bits per heavy atom. The third kappa shape index (κ3) is 5.05.